The highest BCUT2D eigenvalue weighted by Gasteiger charge is 2.32. The van der Waals surface area contributed by atoms with Crippen LogP contribution in [0.4, 0.5) is 22.7 Å². The van der Waals surface area contributed by atoms with Crippen molar-refractivity contribution in [2.45, 2.75) is 12.8 Å². The standard InChI is InChI=1S/C19H12F4N6O4S/c1-29-16(31)15-10(28-24-6-11(15)26-18(29)32)5-14(30)27-17-25-12(7-34-17)8-2-3-13(9(20)4-8)33-19(21,22)23/h2-4,6-7H,5H2,1H3,(H,26,32)(H,25,27,30). The van der Waals surface area contributed by atoms with Crippen LogP contribution < -0.4 is 21.3 Å². The average molecular weight is 496 g/mol. The number of hydrogen-bond donors (Lipinski definition) is 2. The highest BCUT2D eigenvalue weighted by molar-refractivity contribution is 7.14. The lowest BCUT2D eigenvalue weighted by molar-refractivity contribution is -0.275. The number of anilines is 1. The van der Waals surface area contributed by atoms with E-state index in [0.717, 1.165) is 28.0 Å². The van der Waals surface area contributed by atoms with E-state index in [4.69, 9.17) is 0 Å². The lowest BCUT2D eigenvalue weighted by atomic mass is 10.1. The maximum absolute atomic E-state index is 14.0. The van der Waals surface area contributed by atoms with E-state index in [1.165, 1.54) is 24.7 Å². The fourth-order valence-electron chi connectivity index (χ4n) is 2.99. The molecule has 34 heavy (non-hydrogen) atoms. The molecule has 1 aromatic carbocycles. The Bertz CT molecular complexity index is 1530. The van der Waals surface area contributed by atoms with E-state index in [1.807, 2.05) is 0 Å². The third-order valence-electron chi connectivity index (χ3n) is 4.52. The maximum Gasteiger partial charge on any atom is 0.573 e. The van der Waals surface area contributed by atoms with E-state index >= 15 is 0 Å². The molecule has 0 spiro atoms. The number of amides is 1. The number of aromatic nitrogens is 5. The van der Waals surface area contributed by atoms with Gasteiger partial charge in [0.15, 0.2) is 16.7 Å². The van der Waals surface area contributed by atoms with Crippen LogP contribution in [0.25, 0.3) is 22.2 Å². The summed E-state index contributed by atoms with van der Waals surface area (Å²) in [6.45, 7) is 0. The summed E-state index contributed by atoms with van der Waals surface area (Å²) in [6, 6.07) is 2.83. The molecule has 0 bridgehead atoms. The highest BCUT2D eigenvalue weighted by atomic mass is 32.1. The first-order valence-electron chi connectivity index (χ1n) is 9.26. The van der Waals surface area contributed by atoms with Gasteiger partial charge in [0.05, 0.1) is 34.9 Å². The monoisotopic (exact) mass is 496 g/mol. The molecule has 0 aliphatic heterocycles. The molecule has 4 aromatic rings. The molecule has 0 aliphatic rings. The van der Waals surface area contributed by atoms with Crippen LogP contribution in [0.5, 0.6) is 5.75 Å². The van der Waals surface area contributed by atoms with Gasteiger partial charge >= 0.3 is 12.1 Å². The van der Waals surface area contributed by atoms with E-state index in [-0.39, 0.29) is 39.4 Å². The number of aromatic amines is 1. The Balaban J connectivity index is 1.52. The number of ether oxygens (including phenoxy) is 1. The summed E-state index contributed by atoms with van der Waals surface area (Å²) < 4.78 is 55.2. The van der Waals surface area contributed by atoms with Crippen molar-refractivity contribution in [2.75, 3.05) is 5.32 Å². The SMILES string of the molecule is Cn1c(=O)[nH]c2cnnc(CC(=O)Nc3nc(-c4ccc(OC(F)(F)F)c(F)c4)cs3)c2c1=O. The maximum atomic E-state index is 14.0. The molecule has 3 aromatic heterocycles. The summed E-state index contributed by atoms with van der Waals surface area (Å²) in [5, 5.41) is 11.6. The number of hydrogen-bond acceptors (Lipinski definition) is 8. The number of carbonyl (C=O) groups is 1. The van der Waals surface area contributed by atoms with E-state index in [2.05, 4.69) is 30.2 Å². The molecule has 0 radical (unpaired) electrons. The van der Waals surface area contributed by atoms with Crippen molar-refractivity contribution in [1.29, 1.82) is 0 Å². The molecule has 4 rings (SSSR count). The van der Waals surface area contributed by atoms with Gasteiger partial charge in [-0.15, -0.1) is 24.5 Å². The second-order valence-electron chi connectivity index (χ2n) is 6.83. The smallest absolute Gasteiger partial charge is 0.403 e. The molecule has 1 amide bonds. The van der Waals surface area contributed by atoms with Gasteiger partial charge < -0.3 is 15.0 Å². The fourth-order valence-corrected chi connectivity index (χ4v) is 3.73. The van der Waals surface area contributed by atoms with E-state index in [9.17, 15) is 31.9 Å². The lowest BCUT2D eigenvalue weighted by Gasteiger charge is -2.10. The van der Waals surface area contributed by atoms with Crippen molar-refractivity contribution < 1.29 is 27.1 Å². The summed E-state index contributed by atoms with van der Waals surface area (Å²) >= 11 is 0.988. The first-order valence-corrected chi connectivity index (χ1v) is 10.1. The molecule has 0 fully saturated rings. The Morgan fingerprint density at radius 2 is 2.06 bits per heavy atom. The number of thiazole rings is 1. The lowest BCUT2D eigenvalue weighted by Crippen LogP contribution is -2.33. The number of nitrogens with one attached hydrogen (secondary N) is 2. The van der Waals surface area contributed by atoms with E-state index in [0.29, 0.717) is 0 Å². The summed E-state index contributed by atoms with van der Waals surface area (Å²) in [6.07, 6.45) is -4.20. The van der Waals surface area contributed by atoms with Gasteiger partial charge in [-0.3, -0.25) is 14.2 Å². The van der Waals surface area contributed by atoms with Crippen LogP contribution in [0.15, 0.2) is 39.4 Å². The molecule has 2 N–H and O–H groups in total. The van der Waals surface area contributed by atoms with Gasteiger partial charge in [-0.1, -0.05) is 0 Å². The van der Waals surface area contributed by atoms with Crippen molar-refractivity contribution in [2.24, 2.45) is 7.05 Å². The van der Waals surface area contributed by atoms with Crippen LogP contribution in [0.3, 0.4) is 0 Å². The predicted molar refractivity (Wildman–Crippen MR) is 112 cm³/mol. The fraction of sp³-hybridized carbons (Fsp3) is 0.158. The number of fused-ring (bicyclic) bond motifs is 1. The van der Waals surface area contributed by atoms with E-state index < -0.39 is 35.1 Å². The molecule has 0 atom stereocenters. The zero-order chi connectivity index (χ0) is 24.6. The molecule has 3 heterocycles. The molecule has 10 nitrogen and oxygen atoms in total. The Hall–Kier alpha value is -4.14. The highest BCUT2D eigenvalue weighted by Crippen LogP contribution is 2.31. The molecular formula is C19H12F4N6O4S. The van der Waals surface area contributed by atoms with Crippen molar-refractivity contribution >= 4 is 33.3 Å². The summed E-state index contributed by atoms with van der Waals surface area (Å²) in [5.74, 6) is -2.82. The Kier molecular flexibility index (Phi) is 5.87. The van der Waals surface area contributed by atoms with Crippen molar-refractivity contribution in [3.05, 3.63) is 62.1 Å². The van der Waals surface area contributed by atoms with Crippen LogP contribution in [-0.4, -0.2) is 37.0 Å². The molecule has 0 saturated heterocycles. The van der Waals surface area contributed by atoms with Crippen LogP contribution >= 0.6 is 11.3 Å². The zero-order valence-electron chi connectivity index (χ0n) is 16.9. The first-order chi connectivity index (χ1) is 16.0. The van der Waals surface area contributed by atoms with Gasteiger partial charge in [0.25, 0.3) is 5.56 Å². The Morgan fingerprint density at radius 1 is 1.29 bits per heavy atom. The number of carbonyl (C=O) groups excluding carboxylic acids is 1. The molecular weight excluding hydrogens is 484 g/mol. The molecule has 0 saturated carbocycles. The van der Waals surface area contributed by atoms with Gasteiger partial charge in [0, 0.05) is 18.0 Å². The van der Waals surface area contributed by atoms with Gasteiger partial charge in [-0.2, -0.15) is 10.2 Å². The molecule has 15 heteroatoms. The number of nitrogens with zero attached hydrogens (tertiary/aromatic N) is 4. The first kappa shape index (κ1) is 23.0. The van der Waals surface area contributed by atoms with Crippen LogP contribution in [0.2, 0.25) is 0 Å². The number of halogens is 4. The van der Waals surface area contributed by atoms with E-state index in [1.54, 1.807) is 0 Å². The minimum absolute atomic E-state index is 0.0312. The Labute approximate surface area is 189 Å². The van der Waals surface area contributed by atoms with Gasteiger partial charge in [0.1, 0.15) is 0 Å². The second-order valence-corrected chi connectivity index (χ2v) is 7.69. The summed E-state index contributed by atoms with van der Waals surface area (Å²) in [4.78, 5) is 43.2. The normalized spacial score (nSPS) is 11.6. The number of alkyl halides is 3. The number of rotatable bonds is 5. The van der Waals surface area contributed by atoms with Gasteiger partial charge in [-0.25, -0.2) is 14.2 Å². The summed E-state index contributed by atoms with van der Waals surface area (Å²) in [7, 11) is 1.27. The second kappa shape index (κ2) is 8.66. The number of benzene rings is 1. The molecule has 0 aliphatic carbocycles. The van der Waals surface area contributed by atoms with Crippen LogP contribution in [0, 0.1) is 5.82 Å². The van der Waals surface area contributed by atoms with Gasteiger partial charge in [-0.05, 0) is 18.2 Å². The topological polar surface area (TPSA) is 132 Å². The van der Waals surface area contributed by atoms with Crippen LogP contribution in [-0.2, 0) is 18.3 Å². The predicted octanol–water partition coefficient (Wildman–Crippen LogP) is 2.36. The average Bonchev–Trinajstić information content (AvgIpc) is 3.21. The van der Waals surface area contributed by atoms with Gasteiger partial charge in [0.2, 0.25) is 5.91 Å². The van der Waals surface area contributed by atoms with Crippen LogP contribution in [0.1, 0.15) is 5.69 Å². The molecule has 0 unspecified atom stereocenters. The largest absolute Gasteiger partial charge is 0.573 e. The van der Waals surface area contributed by atoms with Crippen molar-refractivity contribution in [3.8, 4) is 17.0 Å². The zero-order valence-corrected chi connectivity index (χ0v) is 17.8. The summed E-state index contributed by atoms with van der Waals surface area (Å²) in [5.41, 5.74) is -0.766. The third kappa shape index (κ3) is 4.78. The minimum atomic E-state index is -5.03. The third-order valence-corrected chi connectivity index (χ3v) is 5.28. The quantitative estimate of drug-likeness (QED) is 0.406. The van der Waals surface area contributed by atoms with Crippen molar-refractivity contribution in [1.82, 2.24) is 24.7 Å². The minimum Gasteiger partial charge on any atom is -0.403 e. The molecule has 176 valence electrons. The Morgan fingerprint density at radius 3 is 2.76 bits per heavy atom. The number of H-pyrrole nitrogens is 1. The van der Waals surface area contributed by atoms with Crippen molar-refractivity contribution in [3.63, 3.8) is 0 Å².